The van der Waals surface area contributed by atoms with Crippen molar-refractivity contribution in [2.45, 2.75) is 33.2 Å². The summed E-state index contributed by atoms with van der Waals surface area (Å²) in [5.74, 6) is -0.977. The van der Waals surface area contributed by atoms with Crippen LogP contribution in [0.25, 0.3) is 10.9 Å². The predicted octanol–water partition coefficient (Wildman–Crippen LogP) is -1.21. The normalized spacial score (nSPS) is 10.3. The van der Waals surface area contributed by atoms with Crippen LogP contribution in [0.1, 0.15) is 24.1 Å². The Hall–Kier alpha value is -0.770. The minimum Gasteiger partial charge on any atom is -0.550 e. The van der Waals surface area contributed by atoms with E-state index in [1.165, 1.54) is 22.2 Å². The van der Waals surface area contributed by atoms with Crippen LogP contribution in [0.4, 0.5) is 0 Å². The Morgan fingerprint density at radius 3 is 2.67 bits per heavy atom. The molecule has 0 N–H and O–H groups in total. The molecule has 0 aliphatic heterocycles. The third-order valence-electron chi connectivity index (χ3n) is 3.03. The van der Waals surface area contributed by atoms with E-state index in [1.807, 2.05) is 6.92 Å². The first-order valence-electron chi connectivity index (χ1n) is 5.84. The molecule has 0 unspecified atom stereocenters. The van der Waals surface area contributed by atoms with Crippen LogP contribution in [0, 0.1) is 13.8 Å². The van der Waals surface area contributed by atoms with Crippen LogP contribution in [-0.2, 0) is 11.3 Å². The third-order valence-corrected chi connectivity index (χ3v) is 3.03. The van der Waals surface area contributed by atoms with Crippen LogP contribution in [-0.4, -0.2) is 10.5 Å². The topological polar surface area (TPSA) is 45.1 Å². The summed E-state index contributed by atoms with van der Waals surface area (Å²) in [6.07, 6.45) is 0.728. The fourth-order valence-corrected chi connectivity index (χ4v) is 2.21. The summed E-state index contributed by atoms with van der Waals surface area (Å²) < 4.78 is 2.16. The van der Waals surface area contributed by atoms with Crippen LogP contribution in [0.15, 0.2) is 24.3 Å². The van der Waals surface area contributed by atoms with Crippen molar-refractivity contribution in [3.05, 3.63) is 35.5 Å². The Morgan fingerprint density at radius 2 is 2.00 bits per heavy atom. The van der Waals surface area contributed by atoms with Crippen molar-refractivity contribution in [3.63, 3.8) is 0 Å². The number of rotatable bonds is 4. The molecule has 0 saturated heterocycles. The molecule has 90 valence electrons. The quantitative estimate of drug-likeness (QED) is 0.642. The van der Waals surface area contributed by atoms with Crippen LogP contribution in [0.5, 0.6) is 0 Å². The van der Waals surface area contributed by atoms with Crippen LogP contribution < -0.4 is 34.7 Å². The Labute approximate surface area is 129 Å². The predicted molar refractivity (Wildman–Crippen MR) is 65.7 cm³/mol. The number of nitrogens with zero attached hydrogens (tertiary/aromatic N) is 1. The molecule has 0 radical (unpaired) electrons. The number of aliphatic carboxylic acids is 1. The largest absolute Gasteiger partial charge is 1.00 e. The molecular formula is C14H16NNaO2. The van der Waals surface area contributed by atoms with Crippen molar-refractivity contribution in [3.8, 4) is 0 Å². The van der Waals surface area contributed by atoms with E-state index >= 15 is 0 Å². The van der Waals surface area contributed by atoms with E-state index in [1.54, 1.807) is 0 Å². The molecule has 18 heavy (non-hydrogen) atoms. The zero-order chi connectivity index (χ0) is 12.4. The fourth-order valence-electron chi connectivity index (χ4n) is 2.21. The maximum Gasteiger partial charge on any atom is 1.00 e. The van der Waals surface area contributed by atoms with Gasteiger partial charge in [-0.1, -0.05) is 11.6 Å². The van der Waals surface area contributed by atoms with Gasteiger partial charge < -0.3 is 14.5 Å². The van der Waals surface area contributed by atoms with Crippen molar-refractivity contribution in [2.75, 3.05) is 0 Å². The van der Waals surface area contributed by atoms with Gasteiger partial charge in [-0.3, -0.25) is 0 Å². The Bertz CT molecular complexity index is 560. The van der Waals surface area contributed by atoms with Gasteiger partial charge >= 0.3 is 29.6 Å². The molecule has 0 bridgehead atoms. The van der Waals surface area contributed by atoms with E-state index in [0.29, 0.717) is 6.42 Å². The first-order chi connectivity index (χ1) is 8.08. The van der Waals surface area contributed by atoms with Crippen molar-refractivity contribution in [2.24, 2.45) is 0 Å². The molecule has 1 aromatic carbocycles. The van der Waals surface area contributed by atoms with E-state index in [4.69, 9.17) is 0 Å². The van der Waals surface area contributed by atoms with Gasteiger partial charge in [0.2, 0.25) is 0 Å². The first kappa shape index (κ1) is 15.3. The zero-order valence-electron chi connectivity index (χ0n) is 11.2. The van der Waals surface area contributed by atoms with Gasteiger partial charge in [-0.2, -0.15) is 0 Å². The summed E-state index contributed by atoms with van der Waals surface area (Å²) >= 11 is 0. The monoisotopic (exact) mass is 253 g/mol. The molecule has 1 heterocycles. The number of carbonyl (C=O) groups is 1. The minimum atomic E-state index is -0.977. The number of carboxylic acid groups (broad SMARTS) is 1. The van der Waals surface area contributed by atoms with E-state index in [0.717, 1.165) is 6.54 Å². The second kappa shape index (κ2) is 6.41. The maximum absolute atomic E-state index is 10.4. The molecule has 3 nitrogen and oxygen atoms in total. The Morgan fingerprint density at radius 1 is 1.28 bits per heavy atom. The maximum atomic E-state index is 10.4. The van der Waals surface area contributed by atoms with Gasteiger partial charge in [0.05, 0.1) is 0 Å². The average molecular weight is 253 g/mol. The molecular weight excluding hydrogens is 237 g/mol. The van der Waals surface area contributed by atoms with Gasteiger partial charge in [0.25, 0.3) is 0 Å². The second-order valence-corrected chi connectivity index (χ2v) is 4.48. The van der Waals surface area contributed by atoms with Crippen molar-refractivity contribution < 1.29 is 39.5 Å². The van der Waals surface area contributed by atoms with E-state index in [-0.39, 0.29) is 36.0 Å². The van der Waals surface area contributed by atoms with E-state index in [2.05, 4.69) is 35.8 Å². The van der Waals surface area contributed by atoms with Gasteiger partial charge in [0, 0.05) is 29.1 Å². The van der Waals surface area contributed by atoms with Crippen LogP contribution in [0.3, 0.4) is 0 Å². The SMILES string of the molecule is Cc1ccc2c(c1)cc(C)n2CCCC(=O)[O-].[Na+]. The van der Waals surface area contributed by atoms with Crippen LogP contribution >= 0.6 is 0 Å². The summed E-state index contributed by atoms with van der Waals surface area (Å²) in [5, 5.41) is 11.6. The number of benzene rings is 1. The van der Waals surface area contributed by atoms with Crippen LogP contribution in [0.2, 0.25) is 0 Å². The number of carboxylic acids is 1. The van der Waals surface area contributed by atoms with Gasteiger partial charge in [-0.15, -0.1) is 0 Å². The molecule has 0 aliphatic carbocycles. The second-order valence-electron chi connectivity index (χ2n) is 4.48. The van der Waals surface area contributed by atoms with E-state index < -0.39 is 5.97 Å². The van der Waals surface area contributed by atoms with Gasteiger partial charge in [-0.25, -0.2) is 0 Å². The summed E-state index contributed by atoms with van der Waals surface area (Å²) in [4.78, 5) is 10.4. The number of hydrogen-bond donors (Lipinski definition) is 0. The smallest absolute Gasteiger partial charge is 0.550 e. The summed E-state index contributed by atoms with van der Waals surface area (Å²) in [5.41, 5.74) is 3.58. The van der Waals surface area contributed by atoms with Gasteiger partial charge in [0.1, 0.15) is 0 Å². The number of aryl methyl sites for hydroxylation is 3. The average Bonchev–Trinajstić information content (AvgIpc) is 2.54. The first-order valence-corrected chi connectivity index (χ1v) is 5.84. The van der Waals surface area contributed by atoms with Crippen molar-refractivity contribution >= 4 is 16.9 Å². The van der Waals surface area contributed by atoms with Gasteiger partial charge in [-0.05, 0) is 44.9 Å². The summed E-state index contributed by atoms with van der Waals surface area (Å²) in [7, 11) is 0. The number of aromatic nitrogens is 1. The number of hydrogen-bond acceptors (Lipinski definition) is 2. The van der Waals surface area contributed by atoms with E-state index in [9.17, 15) is 9.90 Å². The molecule has 0 fully saturated rings. The Kier molecular flexibility index (Phi) is 5.45. The standard InChI is InChI=1S/C14H17NO2.Na/c1-10-5-6-13-12(8-10)9-11(2)15(13)7-3-4-14(16)17;/h5-6,8-9H,3-4,7H2,1-2H3,(H,16,17);/q;+1/p-1. The molecule has 0 aliphatic rings. The molecule has 1 aromatic heterocycles. The molecule has 0 spiro atoms. The number of fused-ring (bicyclic) bond motifs is 1. The van der Waals surface area contributed by atoms with Crippen molar-refractivity contribution in [1.82, 2.24) is 4.57 Å². The minimum absolute atomic E-state index is 0. The van der Waals surface area contributed by atoms with Crippen molar-refractivity contribution in [1.29, 1.82) is 0 Å². The molecule has 0 atom stereocenters. The number of carbonyl (C=O) groups excluding carboxylic acids is 1. The molecule has 2 rings (SSSR count). The summed E-state index contributed by atoms with van der Waals surface area (Å²) in [6.45, 7) is 4.85. The molecule has 2 aromatic rings. The molecule has 0 amide bonds. The third kappa shape index (κ3) is 3.37. The molecule has 0 saturated carbocycles. The van der Waals surface area contributed by atoms with Gasteiger partial charge in [0.15, 0.2) is 0 Å². The molecule has 4 heteroatoms. The summed E-state index contributed by atoms with van der Waals surface area (Å²) in [6, 6.07) is 8.46. The fraction of sp³-hybridized carbons (Fsp3) is 0.357. The Balaban J connectivity index is 0.00000162. The zero-order valence-corrected chi connectivity index (χ0v) is 13.2.